The number of hydrogen-bond acceptors (Lipinski definition) is 5. The molecule has 128 valence electrons. The fourth-order valence-electron chi connectivity index (χ4n) is 1.81. The molecule has 8 heteroatoms. The highest BCUT2D eigenvalue weighted by Gasteiger charge is 2.12. The second-order valence-corrected chi connectivity index (χ2v) is 8.47. The molecule has 0 saturated carbocycles. The molecular weight excluding hydrogens is 369 g/mol. The molecule has 0 unspecified atom stereocenters. The van der Waals surface area contributed by atoms with Crippen LogP contribution < -0.4 is 5.32 Å². The predicted octanol–water partition coefficient (Wildman–Crippen LogP) is 4.14. The highest BCUT2D eigenvalue weighted by molar-refractivity contribution is 8.76. The van der Waals surface area contributed by atoms with E-state index in [2.05, 4.69) is 5.32 Å². The van der Waals surface area contributed by atoms with Crippen molar-refractivity contribution in [1.82, 2.24) is 5.32 Å². The van der Waals surface area contributed by atoms with E-state index in [1.54, 1.807) is 30.3 Å². The predicted molar refractivity (Wildman–Crippen MR) is 99.2 cm³/mol. The van der Waals surface area contributed by atoms with Gasteiger partial charge >= 0.3 is 5.97 Å². The molecule has 24 heavy (non-hydrogen) atoms. The van der Waals surface area contributed by atoms with Crippen LogP contribution in [0.1, 0.15) is 16.1 Å². The number of aliphatic carboxylic acids is 1. The first kappa shape index (κ1) is 18.8. The van der Waals surface area contributed by atoms with E-state index in [1.165, 1.54) is 39.0 Å². The Morgan fingerprint density at radius 1 is 1.12 bits per heavy atom. The minimum atomic E-state index is -0.806. The highest BCUT2D eigenvalue weighted by atomic mass is 33.1. The molecule has 1 aromatic heterocycles. The maximum Gasteiger partial charge on any atom is 0.304 e. The molecule has 0 radical (unpaired) electrons. The van der Waals surface area contributed by atoms with Crippen molar-refractivity contribution in [1.29, 1.82) is 0 Å². The van der Waals surface area contributed by atoms with Gasteiger partial charge in [0.1, 0.15) is 5.82 Å². The number of nitrogens with one attached hydrogen (secondary N) is 1. The number of hydrogen-bond donors (Lipinski definition) is 2. The summed E-state index contributed by atoms with van der Waals surface area (Å²) in [6.45, 7) is 0.497. The Labute approximate surface area is 151 Å². The van der Waals surface area contributed by atoms with Gasteiger partial charge in [-0.05, 0) is 18.2 Å². The molecule has 1 aromatic carbocycles. The van der Waals surface area contributed by atoms with E-state index < -0.39 is 5.97 Å². The van der Waals surface area contributed by atoms with E-state index in [4.69, 9.17) is 5.11 Å². The fourth-order valence-corrected chi connectivity index (χ4v) is 4.64. The second kappa shape index (κ2) is 9.71. The van der Waals surface area contributed by atoms with Crippen molar-refractivity contribution in [2.24, 2.45) is 0 Å². The Balaban J connectivity index is 1.76. The SMILES string of the molecule is O=C(O)CCSSCCNC(=O)c1ccc(-c2ccccc2F)s1. The van der Waals surface area contributed by atoms with Crippen LogP contribution in [0.25, 0.3) is 10.4 Å². The van der Waals surface area contributed by atoms with Gasteiger partial charge in [0.25, 0.3) is 5.91 Å². The lowest BCUT2D eigenvalue weighted by Crippen LogP contribution is -2.24. The van der Waals surface area contributed by atoms with Gasteiger partial charge in [-0.15, -0.1) is 11.3 Å². The number of thiophene rings is 1. The normalized spacial score (nSPS) is 10.5. The van der Waals surface area contributed by atoms with Gasteiger partial charge in [-0.2, -0.15) is 0 Å². The van der Waals surface area contributed by atoms with E-state index in [0.29, 0.717) is 28.5 Å². The zero-order chi connectivity index (χ0) is 17.4. The molecule has 0 aliphatic rings. The molecule has 2 N–H and O–H groups in total. The van der Waals surface area contributed by atoms with Crippen LogP contribution in [-0.4, -0.2) is 35.0 Å². The lowest BCUT2D eigenvalue weighted by Gasteiger charge is -2.03. The third kappa shape index (κ3) is 5.85. The van der Waals surface area contributed by atoms with E-state index >= 15 is 0 Å². The molecule has 1 amide bonds. The summed E-state index contributed by atoms with van der Waals surface area (Å²) in [4.78, 5) is 23.7. The van der Waals surface area contributed by atoms with Gasteiger partial charge in [0.2, 0.25) is 0 Å². The van der Waals surface area contributed by atoms with Crippen molar-refractivity contribution >= 4 is 44.8 Å². The first-order valence-corrected chi connectivity index (χ1v) is 10.5. The second-order valence-electron chi connectivity index (χ2n) is 4.69. The van der Waals surface area contributed by atoms with E-state index in [0.717, 1.165) is 4.88 Å². The number of carbonyl (C=O) groups excluding carboxylic acids is 1. The fraction of sp³-hybridized carbons (Fsp3) is 0.250. The lowest BCUT2D eigenvalue weighted by molar-refractivity contribution is -0.136. The molecule has 0 fully saturated rings. The Hall–Kier alpha value is -1.51. The molecule has 0 saturated heterocycles. The Kier molecular flexibility index (Phi) is 7.61. The van der Waals surface area contributed by atoms with Crippen LogP contribution in [0.3, 0.4) is 0 Å². The van der Waals surface area contributed by atoms with Crippen molar-refractivity contribution in [3.8, 4) is 10.4 Å². The van der Waals surface area contributed by atoms with Gasteiger partial charge in [0, 0.05) is 28.5 Å². The van der Waals surface area contributed by atoms with Crippen molar-refractivity contribution < 1.29 is 19.1 Å². The first-order valence-electron chi connectivity index (χ1n) is 7.17. The number of benzene rings is 1. The summed E-state index contributed by atoms with van der Waals surface area (Å²) in [7, 11) is 3.01. The maximum atomic E-state index is 13.8. The molecule has 2 aromatic rings. The van der Waals surface area contributed by atoms with E-state index in [1.807, 2.05) is 0 Å². The van der Waals surface area contributed by atoms with Crippen molar-refractivity contribution in [3.63, 3.8) is 0 Å². The number of amides is 1. The van der Waals surface area contributed by atoms with Gasteiger partial charge in [0.15, 0.2) is 0 Å². The Morgan fingerprint density at radius 3 is 2.62 bits per heavy atom. The van der Waals surface area contributed by atoms with Crippen LogP contribution in [0.5, 0.6) is 0 Å². The molecule has 0 bridgehead atoms. The number of carboxylic acid groups (broad SMARTS) is 1. The van der Waals surface area contributed by atoms with Crippen LogP contribution in [-0.2, 0) is 4.79 Å². The molecule has 1 heterocycles. The zero-order valence-electron chi connectivity index (χ0n) is 12.7. The summed E-state index contributed by atoms with van der Waals surface area (Å²) in [6, 6.07) is 9.91. The van der Waals surface area contributed by atoms with E-state index in [9.17, 15) is 14.0 Å². The Bertz CT molecular complexity index is 705. The third-order valence-electron chi connectivity index (χ3n) is 2.92. The van der Waals surface area contributed by atoms with Gasteiger partial charge in [-0.25, -0.2) is 4.39 Å². The van der Waals surface area contributed by atoms with Crippen LogP contribution in [0, 0.1) is 5.82 Å². The Morgan fingerprint density at radius 2 is 1.88 bits per heavy atom. The van der Waals surface area contributed by atoms with Crippen molar-refractivity contribution in [3.05, 3.63) is 47.1 Å². The number of halogens is 1. The smallest absolute Gasteiger partial charge is 0.304 e. The highest BCUT2D eigenvalue weighted by Crippen LogP contribution is 2.30. The molecule has 0 aliphatic heterocycles. The minimum absolute atomic E-state index is 0.137. The molecular formula is C16H16FNO3S3. The molecule has 0 atom stereocenters. The molecule has 0 spiro atoms. The molecule has 0 aliphatic carbocycles. The van der Waals surface area contributed by atoms with Crippen LogP contribution in [0.15, 0.2) is 36.4 Å². The first-order chi connectivity index (χ1) is 11.6. The lowest BCUT2D eigenvalue weighted by atomic mass is 10.2. The minimum Gasteiger partial charge on any atom is -0.481 e. The number of rotatable bonds is 9. The van der Waals surface area contributed by atoms with Gasteiger partial charge < -0.3 is 10.4 Å². The quantitative estimate of drug-likeness (QED) is 0.502. The van der Waals surface area contributed by atoms with Gasteiger partial charge in [-0.3, -0.25) is 9.59 Å². The average molecular weight is 386 g/mol. The summed E-state index contributed by atoms with van der Waals surface area (Å²) in [6.07, 6.45) is 0.137. The largest absolute Gasteiger partial charge is 0.481 e. The average Bonchev–Trinajstić information content (AvgIpc) is 3.03. The van der Waals surface area contributed by atoms with Crippen LogP contribution in [0.4, 0.5) is 4.39 Å². The monoisotopic (exact) mass is 385 g/mol. The summed E-state index contributed by atoms with van der Waals surface area (Å²) in [5, 5.41) is 11.3. The summed E-state index contributed by atoms with van der Waals surface area (Å²) < 4.78 is 13.8. The summed E-state index contributed by atoms with van der Waals surface area (Å²) in [5.74, 6) is -0.0496. The van der Waals surface area contributed by atoms with Crippen LogP contribution >= 0.6 is 32.9 Å². The van der Waals surface area contributed by atoms with Crippen molar-refractivity contribution in [2.45, 2.75) is 6.42 Å². The number of carboxylic acids is 1. The molecule has 2 rings (SSSR count). The molecule has 4 nitrogen and oxygen atoms in total. The zero-order valence-corrected chi connectivity index (χ0v) is 15.1. The standard InChI is InChI=1S/C16H16FNO3S3/c17-12-4-2-1-3-11(12)13-5-6-14(24-13)16(21)18-8-10-23-22-9-7-15(19)20/h1-6H,7-10H2,(H,18,21)(H,19,20). The van der Waals surface area contributed by atoms with Gasteiger partial charge in [0.05, 0.1) is 11.3 Å². The summed E-state index contributed by atoms with van der Waals surface area (Å²) in [5.41, 5.74) is 0.493. The topological polar surface area (TPSA) is 66.4 Å². The van der Waals surface area contributed by atoms with Crippen LogP contribution in [0.2, 0.25) is 0 Å². The van der Waals surface area contributed by atoms with Crippen molar-refractivity contribution in [2.75, 3.05) is 18.1 Å². The van der Waals surface area contributed by atoms with Gasteiger partial charge in [-0.1, -0.05) is 39.8 Å². The van der Waals surface area contributed by atoms with E-state index in [-0.39, 0.29) is 18.1 Å². The number of carbonyl (C=O) groups is 2. The third-order valence-corrected chi connectivity index (χ3v) is 6.45. The summed E-state index contributed by atoms with van der Waals surface area (Å²) >= 11 is 1.25. The maximum absolute atomic E-state index is 13.8.